The smallest absolute Gasteiger partial charge is 0.328 e. The number of carboxylic acid groups (broad SMARTS) is 1. The molecule has 3 heterocycles. The summed E-state index contributed by atoms with van der Waals surface area (Å²) in [7, 11) is 1.60. The third-order valence-electron chi connectivity index (χ3n) is 8.03. The normalized spacial score (nSPS) is 18.3. The Morgan fingerprint density at radius 2 is 1.83 bits per heavy atom. The number of rotatable bonds is 8. The highest BCUT2D eigenvalue weighted by Crippen LogP contribution is 2.46. The Labute approximate surface area is 237 Å². The monoisotopic (exact) mass is 553 g/mol. The maximum Gasteiger partial charge on any atom is 0.328 e. The van der Waals surface area contributed by atoms with E-state index in [2.05, 4.69) is 10.1 Å². The number of aliphatic carboxylic acids is 1. The number of methoxy groups -OCH3 is 1. The van der Waals surface area contributed by atoms with Crippen LogP contribution in [0.3, 0.4) is 0 Å². The maximum atomic E-state index is 15.4. The fraction of sp³-hybridized carbons (Fsp3) is 0.303. The van der Waals surface area contributed by atoms with Gasteiger partial charge in [-0.25, -0.2) is 14.5 Å². The minimum atomic E-state index is -0.997. The van der Waals surface area contributed by atoms with E-state index in [4.69, 9.17) is 14.6 Å². The van der Waals surface area contributed by atoms with Crippen LogP contribution < -0.4 is 4.74 Å². The Kier molecular flexibility index (Phi) is 7.65. The lowest BCUT2D eigenvalue weighted by Crippen LogP contribution is -2.19. The number of halogens is 1. The zero-order chi connectivity index (χ0) is 28.3. The van der Waals surface area contributed by atoms with Crippen molar-refractivity contribution in [1.29, 1.82) is 0 Å². The molecule has 4 aromatic rings. The molecule has 0 amide bonds. The summed E-state index contributed by atoms with van der Waals surface area (Å²) in [4.78, 5) is 15.3. The van der Waals surface area contributed by atoms with E-state index in [9.17, 15) is 4.79 Å². The molecule has 1 N–H and O–H groups in total. The molecule has 0 spiro atoms. The lowest BCUT2D eigenvalue weighted by molar-refractivity contribution is -0.131. The van der Waals surface area contributed by atoms with Gasteiger partial charge in [0, 0.05) is 24.9 Å². The summed E-state index contributed by atoms with van der Waals surface area (Å²) in [5.74, 6) is -0.658. The van der Waals surface area contributed by atoms with Crippen molar-refractivity contribution in [3.8, 4) is 5.88 Å². The van der Waals surface area contributed by atoms with Crippen LogP contribution >= 0.6 is 0 Å². The molecular weight excluding hydrogens is 521 g/mol. The number of fused-ring (bicyclic) bond motifs is 1. The summed E-state index contributed by atoms with van der Waals surface area (Å²) < 4.78 is 28.4. The number of hydrogen-bond donors (Lipinski definition) is 1. The van der Waals surface area contributed by atoms with Crippen molar-refractivity contribution >= 4 is 34.1 Å². The van der Waals surface area contributed by atoms with Crippen molar-refractivity contribution in [2.75, 3.05) is 13.7 Å². The van der Waals surface area contributed by atoms with Crippen LogP contribution in [0.15, 0.2) is 66.9 Å². The second kappa shape index (κ2) is 11.7. The fourth-order valence-electron chi connectivity index (χ4n) is 5.77. The van der Waals surface area contributed by atoms with Gasteiger partial charge in [-0.1, -0.05) is 36.8 Å². The molecule has 0 bridgehead atoms. The summed E-state index contributed by atoms with van der Waals surface area (Å²) >= 11 is 0. The molecule has 2 fully saturated rings. The lowest BCUT2D eigenvalue weighted by Gasteiger charge is -2.31. The van der Waals surface area contributed by atoms with Crippen LogP contribution in [-0.4, -0.2) is 39.6 Å². The number of benzene rings is 2. The zero-order valence-corrected chi connectivity index (χ0v) is 22.9. The van der Waals surface area contributed by atoms with Gasteiger partial charge >= 0.3 is 5.97 Å². The van der Waals surface area contributed by atoms with E-state index in [1.807, 2.05) is 54.6 Å². The number of allylic oxidation sites excluding steroid dienone is 1. The average molecular weight is 554 g/mol. The topological polar surface area (TPSA) is 86.5 Å². The van der Waals surface area contributed by atoms with Gasteiger partial charge in [-0.15, -0.1) is 5.10 Å². The van der Waals surface area contributed by atoms with Gasteiger partial charge in [-0.3, -0.25) is 0 Å². The van der Waals surface area contributed by atoms with E-state index < -0.39 is 11.9 Å². The first-order valence-corrected chi connectivity index (χ1v) is 14.1. The highest BCUT2D eigenvalue weighted by atomic mass is 19.1. The van der Waals surface area contributed by atoms with Gasteiger partial charge < -0.3 is 14.6 Å². The molecule has 210 valence electrons. The first-order valence-electron chi connectivity index (χ1n) is 14.1. The average Bonchev–Trinajstić information content (AvgIpc) is 3.31. The molecule has 2 aromatic carbocycles. The van der Waals surface area contributed by atoms with Crippen LogP contribution in [0.25, 0.3) is 28.1 Å². The second-order valence-electron chi connectivity index (χ2n) is 10.6. The van der Waals surface area contributed by atoms with Gasteiger partial charge in [0.1, 0.15) is 0 Å². The predicted octanol–water partition coefficient (Wildman–Crippen LogP) is 7.14. The summed E-state index contributed by atoms with van der Waals surface area (Å²) in [5, 5.41) is 13.7. The van der Waals surface area contributed by atoms with E-state index >= 15 is 4.39 Å². The number of nitrogens with zero attached hydrogens (tertiary/aromatic N) is 3. The highest BCUT2D eigenvalue weighted by Gasteiger charge is 2.28. The van der Waals surface area contributed by atoms with Gasteiger partial charge in [-0.2, -0.15) is 4.39 Å². The molecule has 8 heteroatoms. The molecule has 2 aliphatic rings. The summed E-state index contributed by atoms with van der Waals surface area (Å²) in [6.07, 6.45) is 10.3. The molecule has 7 nitrogen and oxygen atoms in total. The first kappa shape index (κ1) is 26.9. The standard InChI is InChI=1S/C33H32FN3O4/c1-40-28-20-25(16-17-35-28)31(22-5-4-6-22)32(23-11-8-21(9-12-23)10-15-30(38)39)24-13-14-27-26(19-24)33(34)36-37(27)29-7-2-3-18-41-29/h8-17,19-20,22,29H,2-7,18H2,1H3,(H,38,39). The molecule has 1 aliphatic carbocycles. The molecule has 1 atom stereocenters. The molecule has 2 aromatic heterocycles. The van der Waals surface area contributed by atoms with Gasteiger partial charge in [0.15, 0.2) is 6.23 Å². The Bertz CT molecular complexity index is 1630. The second-order valence-corrected chi connectivity index (χ2v) is 10.6. The zero-order valence-electron chi connectivity index (χ0n) is 22.9. The predicted molar refractivity (Wildman–Crippen MR) is 156 cm³/mol. The van der Waals surface area contributed by atoms with Crippen molar-refractivity contribution in [2.24, 2.45) is 5.92 Å². The van der Waals surface area contributed by atoms with Crippen molar-refractivity contribution in [3.05, 3.63) is 95.1 Å². The van der Waals surface area contributed by atoms with Gasteiger partial charge in [0.05, 0.1) is 18.0 Å². The third kappa shape index (κ3) is 5.52. The van der Waals surface area contributed by atoms with Crippen molar-refractivity contribution in [2.45, 2.75) is 44.8 Å². The minimum absolute atomic E-state index is 0.266. The van der Waals surface area contributed by atoms with Crippen molar-refractivity contribution in [3.63, 3.8) is 0 Å². The number of carbonyl (C=O) groups is 1. The lowest BCUT2D eigenvalue weighted by atomic mass is 9.73. The molecule has 1 unspecified atom stereocenters. The van der Waals surface area contributed by atoms with E-state index in [0.29, 0.717) is 29.3 Å². The Morgan fingerprint density at radius 3 is 2.51 bits per heavy atom. The fourth-order valence-corrected chi connectivity index (χ4v) is 5.77. The van der Waals surface area contributed by atoms with Crippen LogP contribution in [0.5, 0.6) is 5.88 Å². The van der Waals surface area contributed by atoms with Crippen molar-refractivity contribution in [1.82, 2.24) is 14.8 Å². The van der Waals surface area contributed by atoms with E-state index in [-0.39, 0.29) is 6.23 Å². The van der Waals surface area contributed by atoms with Crippen LogP contribution in [0.2, 0.25) is 0 Å². The van der Waals surface area contributed by atoms with Crippen LogP contribution in [0, 0.1) is 11.9 Å². The van der Waals surface area contributed by atoms with Crippen LogP contribution in [0.4, 0.5) is 4.39 Å². The van der Waals surface area contributed by atoms with Gasteiger partial charge in [0.2, 0.25) is 11.8 Å². The highest BCUT2D eigenvalue weighted by molar-refractivity contribution is 6.01. The Balaban J connectivity index is 1.54. The van der Waals surface area contributed by atoms with Gasteiger partial charge in [-0.05, 0) is 95.7 Å². The summed E-state index contributed by atoms with van der Waals surface area (Å²) in [5.41, 5.74) is 6.50. The number of aromatic nitrogens is 3. The number of ether oxygens (including phenoxy) is 2. The summed E-state index contributed by atoms with van der Waals surface area (Å²) in [6, 6.07) is 17.6. The third-order valence-corrected chi connectivity index (χ3v) is 8.03. The first-order chi connectivity index (χ1) is 20.0. The van der Waals surface area contributed by atoms with E-state index in [1.54, 1.807) is 24.1 Å². The quantitative estimate of drug-likeness (QED) is 0.234. The molecule has 1 saturated carbocycles. The van der Waals surface area contributed by atoms with Gasteiger partial charge in [0.25, 0.3) is 0 Å². The summed E-state index contributed by atoms with van der Waals surface area (Å²) in [6.45, 7) is 0.649. The Morgan fingerprint density at radius 1 is 1.02 bits per heavy atom. The number of carboxylic acids is 1. The maximum absolute atomic E-state index is 15.4. The largest absolute Gasteiger partial charge is 0.481 e. The molecule has 41 heavy (non-hydrogen) atoms. The SMILES string of the molecule is COc1cc(C(=C(c2ccc(C=CC(=O)O)cc2)c2ccc3c(c2)c(F)nn3C2CCCCO2)C2CCC2)ccn1. The number of hydrogen-bond acceptors (Lipinski definition) is 5. The minimum Gasteiger partial charge on any atom is -0.481 e. The molecule has 6 rings (SSSR count). The molecular formula is C33H32FN3O4. The van der Waals surface area contributed by atoms with Crippen LogP contribution in [-0.2, 0) is 9.53 Å². The van der Waals surface area contributed by atoms with Crippen LogP contribution in [0.1, 0.15) is 67.0 Å². The van der Waals surface area contributed by atoms with E-state index in [1.165, 1.54) is 0 Å². The molecule has 0 radical (unpaired) electrons. The molecule has 1 saturated heterocycles. The van der Waals surface area contributed by atoms with Crippen molar-refractivity contribution < 1.29 is 23.8 Å². The number of pyridine rings is 1. The molecule has 1 aliphatic heterocycles. The Hall–Kier alpha value is -4.30. The van der Waals surface area contributed by atoms with E-state index in [0.717, 1.165) is 78.0 Å².